The molecule has 0 bridgehead atoms. The molecule has 0 aliphatic heterocycles. The van der Waals surface area contributed by atoms with Gasteiger partial charge in [-0.05, 0) is 25.0 Å². The Bertz CT molecular complexity index is 554. The molecular weight excluding hydrogens is 254 g/mol. The van der Waals surface area contributed by atoms with Crippen molar-refractivity contribution in [2.45, 2.75) is 33.2 Å². The number of nitrogens with two attached hydrogens (primary N) is 1. The summed E-state index contributed by atoms with van der Waals surface area (Å²) in [6.45, 7) is 6.69. The summed E-state index contributed by atoms with van der Waals surface area (Å²) in [6.07, 6.45) is 0.967. The molecule has 0 saturated heterocycles. The number of para-hydroxylation sites is 1. The molecule has 0 saturated carbocycles. The zero-order valence-corrected chi connectivity index (χ0v) is 12.2. The fourth-order valence-electron chi connectivity index (χ4n) is 1.91. The first-order chi connectivity index (χ1) is 9.67. The van der Waals surface area contributed by atoms with Crippen molar-refractivity contribution < 1.29 is 9.26 Å². The summed E-state index contributed by atoms with van der Waals surface area (Å²) >= 11 is 0. The van der Waals surface area contributed by atoms with Crippen molar-refractivity contribution in [3.8, 4) is 17.1 Å². The van der Waals surface area contributed by atoms with Crippen LogP contribution in [0.4, 0.5) is 0 Å². The molecule has 0 aliphatic rings. The fraction of sp³-hybridized carbons (Fsp3) is 0.467. The van der Waals surface area contributed by atoms with Crippen LogP contribution in [0.5, 0.6) is 5.75 Å². The lowest BCUT2D eigenvalue weighted by atomic mass is 10.0. The van der Waals surface area contributed by atoms with Crippen LogP contribution in [0.1, 0.15) is 39.1 Å². The number of nitrogens with zero attached hydrogens (tertiary/aromatic N) is 2. The first-order valence-corrected chi connectivity index (χ1v) is 6.98. The highest BCUT2D eigenvalue weighted by atomic mass is 16.5. The van der Waals surface area contributed by atoms with E-state index >= 15 is 0 Å². The van der Waals surface area contributed by atoms with E-state index in [0.29, 0.717) is 24.2 Å². The van der Waals surface area contributed by atoms with Gasteiger partial charge in [0.25, 0.3) is 0 Å². The summed E-state index contributed by atoms with van der Waals surface area (Å²) < 4.78 is 10.9. The minimum Gasteiger partial charge on any atom is -0.493 e. The van der Waals surface area contributed by atoms with Gasteiger partial charge in [-0.2, -0.15) is 4.98 Å². The monoisotopic (exact) mass is 275 g/mol. The van der Waals surface area contributed by atoms with Crippen LogP contribution in [0.3, 0.4) is 0 Å². The van der Waals surface area contributed by atoms with Gasteiger partial charge < -0.3 is 15.0 Å². The van der Waals surface area contributed by atoms with Gasteiger partial charge in [-0.3, -0.25) is 0 Å². The molecule has 0 spiro atoms. The summed E-state index contributed by atoms with van der Waals surface area (Å²) in [5.74, 6) is 2.04. The van der Waals surface area contributed by atoms with Crippen molar-refractivity contribution in [1.29, 1.82) is 0 Å². The highest BCUT2D eigenvalue weighted by molar-refractivity contribution is 5.63. The lowest BCUT2D eigenvalue weighted by Gasteiger charge is -2.13. The average molecular weight is 275 g/mol. The number of rotatable bonds is 6. The molecule has 20 heavy (non-hydrogen) atoms. The molecular formula is C15H21N3O2. The van der Waals surface area contributed by atoms with E-state index in [9.17, 15) is 0 Å². The number of hydrogen-bond acceptors (Lipinski definition) is 5. The predicted octanol–water partition coefficient (Wildman–Crippen LogP) is 3.18. The van der Waals surface area contributed by atoms with Crippen molar-refractivity contribution in [3.05, 3.63) is 30.2 Å². The van der Waals surface area contributed by atoms with E-state index in [4.69, 9.17) is 15.0 Å². The van der Waals surface area contributed by atoms with E-state index in [1.165, 1.54) is 0 Å². The molecule has 1 heterocycles. The molecule has 0 amide bonds. The second-order valence-corrected chi connectivity index (χ2v) is 4.80. The van der Waals surface area contributed by atoms with Gasteiger partial charge >= 0.3 is 0 Å². The maximum atomic E-state index is 6.11. The van der Waals surface area contributed by atoms with E-state index in [2.05, 4.69) is 24.0 Å². The summed E-state index contributed by atoms with van der Waals surface area (Å²) in [5.41, 5.74) is 6.93. The molecule has 5 heteroatoms. The normalized spacial score (nSPS) is 14.0. The number of benzene rings is 1. The van der Waals surface area contributed by atoms with Gasteiger partial charge in [0, 0.05) is 0 Å². The molecule has 1 aromatic carbocycles. The van der Waals surface area contributed by atoms with Gasteiger partial charge in [0.15, 0.2) is 0 Å². The molecule has 2 N–H and O–H groups in total. The lowest BCUT2D eigenvalue weighted by molar-refractivity contribution is 0.312. The Balaban J connectivity index is 2.29. The first-order valence-electron chi connectivity index (χ1n) is 6.98. The van der Waals surface area contributed by atoms with Crippen LogP contribution in [0.15, 0.2) is 28.8 Å². The van der Waals surface area contributed by atoms with Gasteiger partial charge in [0.05, 0.1) is 18.2 Å². The number of aromatic nitrogens is 2. The Kier molecular flexibility index (Phi) is 4.74. The number of hydrogen-bond donors (Lipinski definition) is 1. The molecule has 0 aliphatic carbocycles. The highest BCUT2D eigenvalue weighted by Crippen LogP contribution is 2.29. The van der Waals surface area contributed by atoms with Crippen LogP contribution >= 0.6 is 0 Å². The standard InChI is InChI=1S/C15H21N3O2/c1-4-10(3)13(16)15-17-14(18-20-15)11-8-6-7-9-12(11)19-5-2/h6-10,13H,4-5,16H2,1-3H3/t10?,13-/m0/s1. The van der Waals surface area contributed by atoms with Crippen LogP contribution < -0.4 is 10.5 Å². The topological polar surface area (TPSA) is 74.2 Å². The zero-order chi connectivity index (χ0) is 14.5. The Morgan fingerprint density at radius 3 is 2.75 bits per heavy atom. The average Bonchev–Trinajstić information content (AvgIpc) is 2.96. The minimum absolute atomic E-state index is 0.236. The van der Waals surface area contributed by atoms with Crippen molar-refractivity contribution in [2.24, 2.45) is 11.7 Å². The Labute approximate surface area is 119 Å². The van der Waals surface area contributed by atoms with E-state index in [-0.39, 0.29) is 6.04 Å². The zero-order valence-electron chi connectivity index (χ0n) is 12.2. The lowest BCUT2D eigenvalue weighted by Crippen LogP contribution is -2.18. The summed E-state index contributed by atoms with van der Waals surface area (Å²) in [7, 11) is 0. The van der Waals surface area contributed by atoms with Gasteiger partial charge in [0.2, 0.25) is 11.7 Å². The van der Waals surface area contributed by atoms with E-state index in [0.717, 1.165) is 17.7 Å². The van der Waals surface area contributed by atoms with E-state index in [1.54, 1.807) is 0 Å². The Morgan fingerprint density at radius 1 is 1.30 bits per heavy atom. The minimum atomic E-state index is -0.236. The van der Waals surface area contributed by atoms with Gasteiger partial charge in [0.1, 0.15) is 5.75 Å². The molecule has 2 aromatic rings. The molecule has 2 atom stereocenters. The SMILES string of the molecule is CCOc1ccccc1-c1noc([C@@H](N)C(C)CC)n1. The Hall–Kier alpha value is -1.88. The van der Waals surface area contributed by atoms with Crippen molar-refractivity contribution in [3.63, 3.8) is 0 Å². The van der Waals surface area contributed by atoms with Crippen LogP contribution in [-0.2, 0) is 0 Å². The van der Waals surface area contributed by atoms with Gasteiger partial charge in [-0.1, -0.05) is 37.6 Å². The molecule has 0 radical (unpaired) electrons. The maximum Gasteiger partial charge on any atom is 0.244 e. The van der Waals surface area contributed by atoms with Gasteiger partial charge in [-0.15, -0.1) is 0 Å². The van der Waals surface area contributed by atoms with Crippen LogP contribution in [0.25, 0.3) is 11.4 Å². The Morgan fingerprint density at radius 2 is 2.05 bits per heavy atom. The maximum absolute atomic E-state index is 6.11. The number of ether oxygens (including phenoxy) is 1. The predicted molar refractivity (Wildman–Crippen MR) is 77.3 cm³/mol. The highest BCUT2D eigenvalue weighted by Gasteiger charge is 2.21. The fourth-order valence-corrected chi connectivity index (χ4v) is 1.91. The third-order valence-electron chi connectivity index (χ3n) is 3.41. The van der Waals surface area contributed by atoms with Crippen LogP contribution in [0, 0.1) is 5.92 Å². The van der Waals surface area contributed by atoms with Crippen molar-refractivity contribution in [2.75, 3.05) is 6.61 Å². The third kappa shape index (κ3) is 2.99. The summed E-state index contributed by atoms with van der Waals surface area (Å²) in [4.78, 5) is 4.41. The summed E-state index contributed by atoms with van der Waals surface area (Å²) in [5, 5.41) is 4.02. The second-order valence-electron chi connectivity index (χ2n) is 4.80. The van der Waals surface area contributed by atoms with E-state index < -0.39 is 0 Å². The molecule has 108 valence electrons. The summed E-state index contributed by atoms with van der Waals surface area (Å²) in [6, 6.07) is 7.40. The smallest absolute Gasteiger partial charge is 0.244 e. The molecule has 2 rings (SSSR count). The quantitative estimate of drug-likeness (QED) is 0.876. The van der Waals surface area contributed by atoms with E-state index in [1.807, 2.05) is 31.2 Å². The third-order valence-corrected chi connectivity index (χ3v) is 3.41. The van der Waals surface area contributed by atoms with Crippen molar-refractivity contribution in [1.82, 2.24) is 10.1 Å². The van der Waals surface area contributed by atoms with Crippen molar-refractivity contribution >= 4 is 0 Å². The molecule has 1 aromatic heterocycles. The first kappa shape index (κ1) is 14.5. The second kappa shape index (κ2) is 6.52. The van der Waals surface area contributed by atoms with Crippen LogP contribution in [-0.4, -0.2) is 16.7 Å². The molecule has 0 fully saturated rings. The molecule has 1 unspecified atom stereocenters. The van der Waals surface area contributed by atoms with Crippen LogP contribution in [0.2, 0.25) is 0 Å². The largest absolute Gasteiger partial charge is 0.493 e. The van der Waals surface area contributed by atoms with Gasteiger partial charge in [-0.25, -0.2) is 0 Å². The molecule has 5 nitrogen and oxygen atoms in total.